The van der Waals surface area contributed by atoms with Crippen LogP contribution in [0.5, 0.6) is 0 Å². The first kappa shape index (κ1) is 19.2. The Morgan fingerprint density at radius 3 is 1.23 bits per heavy atom. The Morgan fingerprint density at radius 1 is 0.615 bits per heavy atom. The molecule has 0 bridgehead atoms. The third kappa shape index (κ3) is 2.83. The molecule has 2 aromatic rings. The molecule has 1 heterocycles. The quantitative estimate of drug-likeness (QED) is 0.297. The van der Waals surface area contributed by atoms with Gasteiger partial charge in [-0.15, -0.1) is 0 Å². The molecule has 6 nitrogen and oxygen atoms in total. The summed E-state index contributed by atoms with van der Waals surface area (Å²) in [6, 6.07) is 16.2. The first-order chi connectivity index (χ1) is 12.1. The Morgan fingerprint density at radius 2 is 0.923 bits per heavy atom. The van der Waals surface area contributed by atoms with Crippen LogP contribution in [-0.2, 0) is 0 Å². The maximum atomic E-state index is 15.2. The van der Waals surface area contributed by atoms with E-state index in [-0.39, 0.29) is 8.88 Å². The molecule has 1 aliphatic heterocycles. The average molecular weight is 410 g/mol. The molecule has 0 aliphatic carbocycles. The standard InChI is InChI=1S/C14H20F4N6P2/c1-23-25(15,16,21-19-13-9-5-3-6-10-13)24(2)26(23,17,18)22-20-14-11-7-4-8-12-14/h3-12,19-22H,1-2H3. The number of benzene rings is 2. The fraction of sp³-hybridized carbons (Fsp3) is 0.143. The molecule has 0 unspecified atom stereocenters. The van der Waals surface area contributed by atoms with Crippen molar-refractivity contribution in [3.05, 3.63) is 60.7 Å². The van der Waals surface area contributed by atoms with Crippen LogP contribution in [0.25, 0.3) is 0 Å². The normalized spacial score (nSPS) is 26.2. The average Bonchev–Trinajstić information content (AvgIpc) is 2.66. The molecule has 12 heteroatoms. The number of hydrogen-bond acceptors (Lipinski definition) is 6. The van der Waals surface area contributed by atoms with Crippen LogP contribution < -0.4 is 21.2 Å². The van der Waals surface area contributed by atoms with Crippen LogP contribution in [0.2, 0.25) is 0 Å². The fourth-order valence-corrected chi connectivity index (χ4v) is 10.1. The Labute approximate surface area is 149 Å². The molecule has 1 fully saturated rings. The van der Waals surface area contributed by atoms with Gasteiger partial charge in [0.05, 0.1) is 0 Å². The first-order valence-electron chi connectivity index (χ1n) is 7.64. The summed E-state index contributed by atoms with van der Waals surface area (Å²) in [6.45, 7) is 0. The third-order valence-electron chi connectivity index (χ3n) is 4.29. The minimum atomic E-state index is -6.21. The van der Waals surface area contributed by atoms with Gasteiger partial charge in [0.1, 0.15) is 0 Å². The maximum absolute atomic E-state index is 15.2. The van der Waals surface area contributed by atoms with Gasteiger partial charge in [0.25, 0.3) is 0 Å². The second kappa shape index (κ2) is 5.99. The van der Waals surface area contributed by atoms with Crippen LogP contribution >= 0.6 is 15.4 Å². The van der Waals surface area contributed by atoms with Crippen LogP contribution in [0, 0.1) is 0 Å². The SMILES string of the molecule is CN1P(F)(F)(NNc2ccccc2)N(C)P1(F)(F)NNc1ccccc1. The molecule has 26 heavy (non-hydrogen) atoms. The fourth-order valence-electron chi connectivity index (χ4n) is 2.51. The van der Waals surface area contributed by atoms with Gasteiger partial charge in [-0.25, -0.2) is 0 Å². The zero-order chi connectivity index (χ0) is 19.1. The second-order valence-electron chi connectivity index (χ2n) is 5.83. The number of para-hydroxylation sites is 2. The zero-order valence-corrected chi connectivity index (χ0v) is 15.9. The number of nitrogens with one attached hydrogen (secondary N) is 4. The van der Waals surface area contributed by atoms with Crippen molar-refractivity contribution in [2.24, 2.45) is 0 Å². The molecular weight excluding hydrogens is 390 g/mol. The van der Waals surface area contributed by atoms with Crippen LogP contribution in [0.3, 0.4) is 0 Å². The number of nitrogens with zero attached hydrogens (tertiary/aromatic N) is 2. The first-order valence-corrected chi connectivity index (χ1v) is 11.5. The summed E-state index contributed by atoms with van der Waals surface area (Å²) in [5.74, 6) is 0. The predicted octanol–water partition coefficient (Wildman–Crippen LogP) is 5.23. The van der Waals surface area contributed by atoms with Gasteiger partial charge < -0.3 is 0 Å². The van der Waals surface area contributed by atoms with Gasteiger partial charge in [-0.05, 0) is 0 Å². The van der Waals surface area contributed by atoms with Crippen LogP contribution in [0.15, 0.2) is 60.7 Å². The number of hydrazine groups is 2. The predicted molar refractivity (Wildman–Crippen MR) is 100 cm³/mol. The topological polar surface area (TPSA) is 54.6 Å². The van der Waals surface area contributed by atoms with Gasteiger partial charge in [-0.3, -0.25) is 0 Å². The molecule has 2 aromatic carbocycles. The molecule has 1 aliphatic rings. The minimum absolute atomic E-state index is 0.136. The van der Waals surface area contributed by atoms with Crippen molar-refractivity contribution < 1.29 is 16.8 Å². The molecule has 0 amide bonds. The van der Waals surface area contributed by atoms with Crippen LogP contribution in [-0.4, -0.2) is 23.0 Å². The molecular formula is C14H20F4N6P2. The molecule has 0 aromatic heterocycles. The summed E-state index contributed by atoms with van der Waals surface area (Å²) in [7, 11) is -11.0. The summed E-state index contributed by atoms with van der Waals surface area (Å²) in [5, 5.41) is 3.70. The molecule has 1 saturated heterocycles. The van der Waals surface area contributed by atoms with Crippen molar-refractivity contribution in [2.75, 3.05) is 24.9 Å². The van der Waals surface area contributed by atoms with Gasteiger partial charge in [-0.2, -0.15) is 0 Å². The number of anilines is 2. The Balaban J connectivity index is 1.77. The molecule has 144 valence electrons. The Kier molecular flexibility index (Phi) is 4.43. The zero-order valence-electron chi connectivity index (χ0n) is 14.1. The third-order valence-corrected chi connectivity index (χ3v) is 12.9. The summed E-state index contributed by atoms with van der Waals surface area (Å²) >= 11 is 0. The molecule has 4 N–H and O–H groups in total. The van der Waals surface area contributed by atoms with Crippen molar-refractivity contribution in [3.63, 3.8) is 0 Å². The summed E-state index contributed by atoms with van der Waals surface area (Å²) in [4.78, 5) is 0. The van der Waals surface area contributed by atoms with E-state index in [1.807, 2.05) is 10.4 Å². The van der Waals surface area contributed by atoms with Crippen molar-refractivity contribution in [1.82, 2.24) is 19.3 Å². The molecule has 0 spiro atoms. The summed E-state index contributed by atoms with van der Waals surface area (Å²) in [6.07, 6.45) is 0. The summed E-state index contributed by atoms with van der Waals surface area (Å²) in [5.41, 5.74) is 5.35. The summed E-state index contributed by atoms with van der Waals surface area (Å²) < 4.78 is 60.4. The molecule has 3 rings (SSSR count). The van der Waals surface area contributed by atoms with E-state index in [0.717, 1.165) is 14.1 Å². The van der Waals surface area contributed by atoms with E-state index < -0.39 is 15.4 Å². The van der Waals surface area contributed by atoms with E-state index in [1.54, 1.807) is 60.7 Å². The van der Waals surface area contributed by atoms with E-state index >= 15 is 16.8 Å². The van der Waals surface area contributed by atoms with E-state index in [1.165, 1.54) is 0 Å². The monoisotopic (exact) mass is 410 g/mol. The number of rotatable bonds is 6. The van der Waals surface area contributed by atoms with Crippen molar-refractivity contribution >= 4 is 26.7 Å². The number of hydrogen-bond donors (Lipinski definition) is 4. The Bertz CT molecular complexity index is 711. The van der Waals surface area contributed by atoms with Crippen molar-refractivity contribution in [3.8, 4) is 0 Å². The molecule has 0 atom stereocenters. The van der Waals surface area contributed by atoms with Gasteiger partial charge in [0.15, 0.2) is 0 Å². The van der Waals surface area contributed by atoms with Crippen LogP contribution in [0.1, 0.15) is 0 Å². The van der Waals surface area contributed by atoms with Gasteiger partial charge in [0.2, 0.25) is 0 Å². The van der Waals surface area contributed by atoms with E-state index in [2.05, 4.69) is 10.9 Å². The van der Waals surface area contributed by atoms with Crippen LogP contribution in [0.4, 0.5) is 28.2 Å². The van der Waals surface area contributed by atoms with E-state index in [0.29, 0.717) is 11.4 Å². The second-order valence-corrected chi connectivity index (χ2v) is 12.6. The molecule has 0 saturated carbocycles. The van der Waals surface area contributed by atoms with Gasteiger partial charge in [0, 0.05) is 0 Å². The van der Waals surface area contributed by atoms with E-state index in [4.69, 9.17) is 0 Å². The Hall–Kier alpha value is -1.54. The number of halogens is 4. The van der Waals surface area contributed by atoms with E-state index in [9.17, 15) is 0 Å². The molecule has 0 radical (unpaired) electrons. The van der Waals surface area contributed by atoms with Gasteiger partial charge >= 0.3 is 148 Å². The van der Waals surface area contributed by atoms with Crippen molar-refractivity contribution in [1.29, 1.82) is 0 Å². The van der Waals surface area contributed by atoms with Gasteiger partial charge in [-0.1, -0.05) is 0 Å². The van der Waals surface area contributed by atoms with Crippen molar-refractivity contribution in [2.45, 2.75) is 0 Å².